The summed E-state index contributed by atoms with van der Waals surface area (Å²) in [7, 11) is -4.00. The summed E-state index contributed by atoms with van der Waals surface area (Å²) in [5.74, 6) is 0. The first-order valence-electron chi connectivity index (χ1n) is 4.33. The maximum absolute atomic E-state index is 11.7. The van der Waals surface area contributed by atoms with Crippen LogP contribution in [0.3, 0.4) is 0 Å². The van der Waals surface area contributed by atoms with Gasteiger partial charge in [-0.15, -0.1) is 0 Å². The van der Waals surface area contributed by atoms with E-state index in [0.717, 1.165) is 0 Å². The molecule has 0 amide bonds. The van der Waals surface area contributed by atoms with Crippen molar-refractivity contribution in [1.82, 2.24) is 0 Å². The van der Waals surface area contributed by atoms with Gasteiger partial charge in [0.05, 0.1) is 19.8 Å². The summed E-state index contributed by atoms with van der Waals surface area (Å²) in [5.41, 5.74) is -5.37. The van der Waals surface area contributed by atoms with Crippen molar-refractivity contribution in [1.29, 1.82) is 0 Å². The first-order chi connectivity index (χ1) is 7.31. The van der Waals surface area contributed by atoms with Crippen LogP contribution in [-0.4, -0.2) is 47.5 Å². The molecular formula is C7H13F3O5S. The van der Waals surface area contributed by atoms with Crippen molar-refractivity contribution < 1.29 is 35.2 Å². The van der Waals surface area contributed by atoms with Crippen molar-refractivity contribution in [3.8, 4) is 0 Å². The normalized spacial score (nSPS) is 13.0. The third-order valence-electron chi connectivity index (χ3n) is 1.39. The summed E-state index contributed by atoms with van der Waals surface area (Å²) in [6.45, 7) is 0.204. The lowest BCUT2D eigenvalue weighted by molar-refractivity contribution is -0.0546. The molecule has 0 fully saturated rings. The molecule has 0 aromatic heterocycles. The Morgan fingerprint density at radius 1 is 1.06 bits per heavy atom. The number of alkyl halides is 3. The first kappa shape index (κ1) is 15.6. The second kappa shape index (κ2) is 7.05. The van der Waals surface area contributed by atoms with Crippen LogP contribution in [0.25, 0.3) is 0 Å². The molecule has 0 aliphatic carbocycles. The van der Waals surface area contributed by atoms with E-state index in [9.17, 15) is 21.6 Å². The molecule has 0 N–H and O–H groups in total. The molecule has 5 nitrogen and oxygen atoms in total. The standard InChI is InChI=1S/C7H13F3O5S/c1-13-5-6-14-3-2-4-15-16(11,12)7(8,9)10/h2-6H2,1H3. The van der Waals surface area contributed by atoms with E-state index in [-0.39, 0.29) is 13.0 Å². The maximum atomic E-state index is 11.7. The van der Waals surface area contributed by atoms with E-state index in [1.54, 1.807) is 0 Å². The predicted molar refractivity (Wildman–Crippen MR) is 48.2 cm³/mol. The largest absolute Gasteiger partial charge is 0.523 e. The van der Waals surface area contributed by atoms with Crippen LogP contribution in [0.2, 0.25) is 0 Å². The number of methoxy groups -OCH3 is 1. The van der Waals surface area contributed by atoms with E-state index in [2.05, 4.69) is 8.92 Å². The average molecular weight is 266 g/mol. The van der Waals surface area contributed by atoms with Gasteiger partial charge in [-0.3, -0.25) is 4.18 Å². The highest BCUT2D eigenvalue weighted by Crippen LogP contribution is 2.24. The first-order valence-corrected chi connectivity index (χ1v) is 5.74. The van der Waals surface area contributed by atoms with Crippen LogP contribution >= 0.6 is 0 Å². The highest BCUT2D eigenvalue weighted by Gasteiger charge is 2.47. The number of halogens is 3. The van der Waals surface area contributed by atoms with Gasteiger partial charge in [-0.05, 0) is 6.42 Å². The fraction of sp³-hybridized carbons (Fsp3) is 1.00. The van der Waals surface area contributed by atoms with E-state index >= 15 is 0 Å². The van der Waals surface area contributed by atoms with Crippen LogP contribution in [0.4, 0.5) is 13.2 Å². The van der Waals surface area contributed by atoms with Crippen LogP contribution < -0.4 is 0 Å². The minimum atomic E-state index is -5.48. The Morgan fingerprint density at radius 3 is 2.19 bits per heavy atom. The number of ether oxygens (including phenoxy) is 2. The second-order valence-corrected chi connectivity index (χ2v) is 4.29. The molecule has 98 valence electrons. The molecule has 0 saturated heterocycles. The number of hydrogen-bond acceptors (Lipinski definition) is 5. The molecule has 0 aromatic rings. The number of rotatable bonds is 8. The fourth-order valence-electron chi connectivity index (χ4n) is 0.641. The van der Waals surface area contributed by atoms with Gasteiger partial charge in [0.2, 0.25) is 0 Å². The summed E-state index contributed by atoms with van der Waals surface area (Å²) in [6.07, 6.45) is 0.0546. The molecule has 0 aromatic carbocycles. The molecular weight excluding hydrogens is 253 g/mol. The highest BCUT2D eigenvalue weighted by atomic mass is 32.2. The monoisotopic (exact) mass is 266 g/mol. The van der Waals surface area contributed by atoms with E-state index in [1.165, 1.54) is 7.11 Å². The predicted octanol–water partition coefficient (Wildman–Crippen LogP) is 0.906. The van der Waals surface area contributed by atoms with Gasteiger partial charge < -0.3 is 9.47 Å². The van der Waals surface area contributed by atoms with Gasteiger partial charge in [0.15, 0.2) is 0 Å². The second-order valence-electron chi connectivity index (χ2n) is 2.68. The van der Waals surface area contributed by atoms with Gasteiger partial charge in [0, 0.05) is 13.7 Å². The van der Waals surface area contributed by atoms with E-state index in [0.29, 0.717) is 13.2 Å². The Labute approximate surface area is 91.6 Å². The Bertz CT molecular complexity index is 274. The Hall–Kier alpha value is -0.380. The van der Waals surface area contributed by atoms with Crippen molar-refractivity contribution in [3.63, 3.8) is 0 Å². The lowest BCUT2D eigenvalue weighted by Crippen LogP contribution is -2.26. The minimum absolute atomic E-state index is 0.0546. The molecule has 0 aliphatic heterocycles. The summed E-state index contributed by atoms with van der Waals surface area (Å²) in [5, 5.41) is 0. The maximum Gasteiger partial charge on any atom is 0.523 e. The van der Waals surface area contributed by atoms with Crippen molar-refractivity contribution >= 4 is 10.1 Å². The molecule has 0 heterocycles. The van der Waals surface area contributed by atoms with Crippen LogP contribution in [0.1, 0.15) is 6.42 Å². The molecule has 0 rings (SSSR count). The molecule has 0 bridgehead atoms. The lowest BCUT2D eigenvalue weighted by atomic mass is 10.5. The molecule has 0 unspecified atom stereocenters. The minimum Gasteiger partial charge on any atom is -0.382 e. The van der Waals surface area contributed by atoms with Crippen molar-refractivity contribution in [3.05, 3.63) is 0 Å². The van der Waals surface area contributed by atoms with Crippen LogP contribution in [0, 0.1) is 0 Å². The van der Waals surface area contributed by atoms with Crippen molar-refractivity contribution in [2.24, 2.45) is 0 Å². The molecule has 16 heavy (non-hydrogen) atoms. The lowest BCUT2D eigenvalue weighted by Gasteiger charge is -2.08. The zero-order valence-corrected chi connectivity index (χ0v) is 9.44. The van der Waals surface area contributed by atoms with Crippen molar-refractivity contribution in [2.45, 2.75) is 11.9 Å². The van der Waals surface area contributed by atoms with Gasteiger partial charge in [-0.2, -0.15) is 21.6 Å². The van der Waals surface area contributed by atoms with Gasteiger partial charge in [0.1, 0.15) is 0 Å². The Kier molecular flexibility index (Phi) is 6.88. The van der Waals surface area contributed by atoms with Gasteiger partial charge in [-0.25, -0.2) is 0 Å². The van der Waals surface area contributed by atoms with Crippen LogP contribution in [0.5, 0.6) is 0 Å². The average Bonchev–Trinajstić information content (AvgIpc) is 2.14. The third kappa shape index (κ3) is 6.26. The summed E-state index contributed by atoms with van der Waals surface area (Å²) >= 11 is 0. The smallest absolute Gasteiger partial charge is 0.382 e. The van der Waals surface area contributed by atoms with E-state index < -0.39 is 22.2 Å². The molecule has 0 aliphatic rings. The zero-order chi connectivity index (χ0) is 12.7. The topological polar surface area (TPSA) is 61.8 Å². The SMILES string of the molecule is COCCOCCCOS(=O)(=O)C(F)(F)F. The summed E-state index contributed by atoms with van der Waals surface area (Å²) in [4.78, 5) is 0. The molecule has 9 heteroatoms. The fourth-order valence-corrected chi connectivity index (χ4v) is 1.11. The third-order valence-corrected chi connectivity index (χ3v) is 2.43. The van der Waals surface area contributed by atoms with Gasteiger partial charge >= 0.3 is 15.6 Å². The highest BCUT2D eigenvalue weighted by molar-refractivity contribution is 7.87. The van der Waals surface area contributed by atoms with Gasteiger partial charge in [-0.1, -0.05) is 0 Å². The number of hydrogen-bond donors (Lipinski definition) is 0. The summed E-state index contributed by atoms with van der Waals surface area (Å²) < 4.78 is 69.3. The molecule has 0 radical (unpaired) electrons. The molecule has 0 spiro atoms. The van der Waals surface area contributed by atoms with Gasteiger partial charge in [0.25, 0.3) is 0 Å². The van der Waals surface area contributed by atoms with Crippen LogP contribution in [0.15, 0.2) is 0 Å². The quantitative estimate of drug-likeness (QED) is 0.371. The van der Waals surface area contributed by atoms with Crippen LogP contribution in [-0.2, 0) is 23.8 Å². The Balaban J connectivity index is 3.60. The molecule has 0 atom stereocenters. The Morgan fingerprint density at radius 2 is 1.69 bits per heavy atom. The summed E-state index contributed by atoms with van der Waals surface area (Å²) in [6, 6.07) is 0. The van der Waals surface area contributed by atoms with Crippen molar-refractivity contribution in [2.75, 3.05) is 33.5 Å². The van der Waals surface area contributed by atoms with E-state index in [4.69, 9.17) is 4.74 Å². The molecule has 0 saturated carbocycles. The van der Waals surface area contributed by atoms with E-state index in [1.807, 2.05) is 0 Å². The zero-order valence-electron chi connectivity index (χ0n) is 8.62.